The summed E-state index contributed by atoms with van der Waals surface area (Å²) in [6, 6.07) is 8.11. The summed E-state index contributed by atoms with van der Waals surface area (Å²) in [5, 5.41) is 0. The monoisotopic (exact) mass is 250 g/mol. The van der Waals surface area contributed by atoms with E-state index in [-0.39, 0.29) is 11.5 Å². The summed E-state index contributed by atoms with van der Waals surface area (Å²) in [7, 11) is 3.76. The lowest BCUT2D eigenvalue weighted by Crippen LogP contribution is -2.46. The Morgan fingerprint density at radius 3 is 2.83 bits per heavy atom. The van der Waals surface area contributed by atoms with E-state index in [1.54, 1.807) is 7.11 Å². The Morgan fingerprint density at radius 2 is 2.22 bits per heavy atom. The first-order valence-corrected chi connectivity index (χ1v) is 6.24. The van der Waals surface area contributed by atoms with Gasteiger partial charge in [0.15, 0.2) is 0 Å². The number of nitrogens with zero attached hydrogens (tertiary/aromatic N) is 1. The van der Waals surface area contributed by atoms with Crippen molar-refractivity contribution in [1.29, 1.82) is 0 Å². The third-order valence-electron chi connectivity index (χ3n) is 3.72. The van der Waals surface area contributed by atoms with Crippen LogP contribution in [0.25, 0.3) is 0 Å². The van der Waals surface area contributed by atoms with Gasteiger partial charge >= 0.3 is 0 Å². The van der Waals surface area contributed by atoms with Crippen molar-refractivity contribution in [3.63, 3.8) is 0 Å². The molecule has 100 valence electrons. The second kappa shape index (κ2) is 5.16. The van der Waals surface area contributed by atoms with Gasteiger partial charge in [-0.15, -0.1) is 0 Å². The topological polar surface area (TPSA) is 47.7 Å². The predicted molar refractivity (Wildman–Crippen MR) is 73.2 cm³/mol. The van der Waals surface area contributed by atoms with Gasteiger partial charge in [-0.1, -0.05) is 19.1 Å². The van der Waals surface area contributed by atoms with Crippen molar-refractivity contribution in [2.45, 2.75) is 13.0 Å². The van der Waals surface area contributed by atoms with Crippen molar-refractivity contribution >= 4 is 5.69 Å². The minimum Gasteiger partial charge on any atom is -0.495 e. The summed E-state index contributed by atoms with van der Waals surface area (Å²) in [5.41, 5.74) is 7.21. The van der Waals surface area contributed by atoms with E-state index in [9.17, 15) is 0 Å². The fourth-order valence-corrected chi connectivity index (χ4v) is 2.46. The van der Waals surface area contributed by atoms with Crippen molar-refractivity contribution in [3.05, 3.63) is 24.3 Å². The van der Waals surface area contributed by atoms with Gasteiger partial charge in [-0.25, -0.2) is 0 Å². The Kier molecular flexibility index (Phi) is 3.78. The SMILES string of the molecule is COc1ccccc1N(C)CC1(C)COCC1N. The molecular weight excluding hydrogens is 228 g/mol. The van der Waals surface area contributed by atoms with E-state index in [2.05, 4.69) is 24.9 Å². The van der Waals surface area contributed by atoms with Crippen molar-refractivity contribution in [2.24, 2.45) is 11.1 Å². The molecule has 0 radical (unpaired) electrons. The molecule has 4 heteroatoms. The van der Waals surface area contributed by atoms with Crippen LogP contribution in [0.15, 0.2) is 24.3 Å². The Balaban J connectivity index is 2.14. The number of benzene rings is 1. The van der Waals surface area contributed by atoms with Gasteiger partial charge in [0, 0.05) is 25.0 Å². The quantitative estimate of drug-likeness (QED) is 0.879. The molecule has 1 aromatic rings. The molecule has 0 saturated carbocycles. The standard InChI is InChI=1S/C14H22N2O2/c1-14(10-18-8-13(14)15)9-16(2)11-6-4-5-7-12(11)17-3/h4-7,13H,8-10,15H2,1-3H3. The van der Waals surface area contributed by atoms with Gasteiger partial charge in [0.05, 0.1) is 26.0 Å². The lowest BCUT2D eigenvalue weighted by atomic mass is 9.85. The minimum atomic E-state index is -0.00436. The number of rotatable bonds is 4. The molecular formula is C14H22N2O2. The van der Waals surface area contributed by atoms with E-state index in [0.29, 0.717) is 13.2 Å². The van der Waals surface area contributed by atoms with E-state index < -0.39 is 0 Å². The molecule has 0 spiro atoms. The summed E-state index contributed by atoms with van der Waals surface area (Å²) in [4.78, 5) is 2.19. The largest absolute Gasteiger partial charge is 0.495 e. The highest BCUT2D eigenvalue weighted by Gasteiger charge is 2.38. The minimum absolute atomic E-state index is 0.00436. The summed E-state index contributed by atoms with van der Waals surface area (Å²) in [6.45, 7) is 4.40. The first kappa shape index (κ1) is 13.2. The third kappa shape index (κ3) is 2.44. The number of para-hydroxylation sites is 2. The Morgan fingerprint density at radius 1 is 1.50 bits per heavy atom. The fourth-order valence-electron chi connectivity index (χ4n) is 2.46. The van der Waals surface area contributed by atoms with Crippen LogP contribution in [0.3, 0.4) is 0 Å². The zero-order valence-electron chi connectivity index (χ0n) is 11.3. The lowest BCUT2D eigenvalue weighted by Gasteiger charge is -2.33. The van der Waals surface area contributed by atoms with E-state index in [0.717, 1.165) is 18.0 Å². The lowest BCUT2D eigenvalue weighted by molar-refractivity contribution is 0.162. The van der Waals surface area contributed by atoms with E-state index in [4.69, 9.17) is 15.2 Å². The molecule has 18 heavy (non-hydrogen) atoms. The highest BCUT2D eigenvalue weighted by atomic mass is 16.5. The summed E-state index contributed by atoms with van der Waals surface area (Å²) >= 11 is 0. The van der Waals surface area contributed by atoms with Gasteiger partial charge in [-0.05, 0) is 12.1 Å². The number of ether oxygens (including phenoxy) is 2. The summed E-state index contributed by atoms with van der Waals surface area (Å²) in [5.74, 6) is 0.885. The zero-order valence-corrected chi connectivity index (χ0v) is 11.3. The van der Waals surface area contributed by atoms with Crippen LogP contribution < -0.4 is 15.4 Å². The number of hydrogen-bond donors (Lipinski definition) is 1. The van der Waals surface area contributed by atoms with Gasteiger partial charge < -0.3 is 20.1 Å². The summed E-state index contributed by atoms with van der Waals surface area (Å²) < 4.78 is 10.9. The van der Waals surface area contributed by atoms with Gasteiger partial charge in [0.2, 0.25) is 0 Å². The van der Waals surface area contributed by atoms with Crippen molar-refractivity contribution in [3.8, 4) is 5.75 Å². The average Bonchev–Trinajstić information content (AvgIpc) is 2.69. The normalized spacial score (nSPS) is 27.2. The van der Waals surface area contributed by atoms with Gasteiger partial charge in [0.1, 0.15) is 5.75 Å². The van der Waals surface area contributed by atoms with Crippen LogP contribution in [0.4, 0.5) is 5.69 Å². The van der Waals surface area contributed by atoms with Gasteiger partial charge in [0.25, 0.3) is 0 Å². The van der Waals surface area contributed by atoms with E-state index in [1.165, 1.54) is 0 Å². The second-order valence-electron chi connectivity index (χ2n) is 5.30. The third-order valence-corrected chi connectivity index (χ3v) is 3.72. The number of nitrogens with two attached hydrogens (primary N) is 1. The highest BCUT2D eigenvalue weighted by molar-refractivity contribution is 5.58. The van der Waals surface area contributed by atoms with Crippen LogP contribution in [0, 0.1) is 5.41 Å². The first-order valence-electron chi connectivity index (χ1n) is 6.24. The predicted octanol–water partition coefficient (Wildman–Crippen LogP) is 1.50. The molecule has 1 heterocycles. The molecule has 0 bridgehead atoms. The van der Waals surface area contributed by atoms with E-state index >= 15 is 0 Å². The molecule has 1 aliphatic heterocycles. The fraction of sp³-hybridized carbons (Fsp3) is 0.571. The van der Waals surface area contributed by atoms with Crippen LogP contribution >= 0.6 is 0 Å². The van der Waals surface area contributed by atoms with Crippen molar-refractivity contribution < 1.29 is 9.47 Å². The average molecular weight is 250 g/mol. The van der Waals surface area contributed by atoms with Crippen LogP contribution in [-0.2, 0) is 4.74 Å². The molecule has 2 rings (SSSR count). The molecule has 1 aromatic carbocycles. The number of hydrogen-bond acceptors (Lipinski definition) is 4. The second-order valence-corrected chi connectivity index (χ2v) is 5.30. The zero-order chi connectivity index (χ0) is 13.2. The van der Waals surface area contributed by atoms with Crippen molar-refractivity contribution in [2.75, 3.05) is 38.8 Å². The van der Waals surface area contributed by atoms with Crippen LogP contribution in [0.5, 0.6) is 5.75 Å². The first-order chi connectivity index (χ1) is 8.57. The molecule has 1 saturated heterocycles. The maximum Gasteiger partial charge on any atom is 0.142 e. The number of methoxy groups -OCH3 is 1. The Bertz CT molecular complexity index is 411. The Hall–Kier alpha value is -1.26. The number of anilines is 1. The Labute approximate surface area is 109 Å². The van der Waals surface area contributed by atoms with Gasteiger partial charge in [-0.2, -0.15) is 0 Å². The molecule has 1 aliphatic rings. The molecule has 2 atom stereocenters. The van der Waals surface area contributed by atoms with Crippen LogP contribution in [-0.4, -0.2) is 40.0 Å². The molecule has 0 amide bonds. The van der Waals surface area contributed by atoms with E-state index in [1.807, 2.05) is 18.2 Å². The van der Waals surface area contributed by atoms with Crippen LogP contribution in [0.2, 0.25) is 0 Å². The smallest absolute Gasteiger partial charge is 0.142 e. The molecule has 1 fully saturated rings. The van der Waals surface area contributed by atoms with Crippen molar-refractivity contribution in [1.82, 2.24) is 0 Å². The summed E-state index contributed by atoms with van der Waals surface area (Å²) in [6.07, 6.45) is 0. The molecule has 0 aromatic heterocycles. The maximum atomic E-state index is 6.13. The van der Waals surface area contributed by atoms with Crippen LogP contribution in [0.1, 0.15) is 6.92 Å². The highest BCUT2D eigenvalue weighted by Crippen LogP contribution is 2.32. The maximum absolute atomic E-state index is 6.13. The molecule has 0 aliphatic carbocycles. The molecule has 2 unspecified atom stereocenters. The molecule has 2 N–H and O–H groups in total. The van der Waals surface area contributed by atoms with Gasteiger partial charge in [-0.3, -0.25) is 0 Å². The molecule has 4 nitrogen and oxygen atoms in total.